The molecule has 1 heterocycles. The van der Waals surface area contributed by atoms with Crippen LogP contribution in [0, 0.1) is 10.1 Å². The Bertz CT molecular complexity index is 623. The van der Waals surface area contributed by atoms with Crippen LogP contribution in [0.2, 0.25) is 0 Å². The number of hydrogen-bond acceptors (Lipinski definition) is 6. The minimum absolute atomic E-state index is 0.126. The molecular weight excluding hydrogens is 278 g/mol. The quantitative estimate of drug-likeness (QED) is 0.649. The average Bonchev–Trinajstić information content (AvgIpc) is 2.98. The van der Waals surface area contributed by atoms with Crippen molar-refractivity contribution in [2.75, 3.05) is 20.8 Å². The van der Waals surface area contributed by atoms with Gasteiger partial charge in [0.15, 0.2) is 0 Å². The van der Waals surface area contributed by atoms with E-state index in [0.29, 0.717) is 22.6 Å². The lowest BCUT2D eigenvalue weighted by atomic mass is 9.91. The average molecular weight is 293 g/mol. The zero-order chi connectivity index (χ0) is 15.4. The summed E-state index contributed by atoms with van der Waals surface area (Å²) in [6, 6.07) is 4.59. The van der Waals surface area contributed by atoms with Crippen molar-refractivity contribution >= 4 is 0 Å². The van der Waals surface area contributed by atoms with Gasteiger partial charge in [0.05, 0.1) is 38.2 Å². The molecule has 0 aliphatic rings. The molecule has 112 valence electrons. The Kier molecular flexibility index (Phi) is 4.32. The molecule has 0 aliphatic heterocycles. The Morgan fingerprint density at radius 3 is 2.67 bits per heavy atom. The molecule has 7 nitrogen and oxygen atoms in total. The molecule has 1 N–H and O–H groups in total. The molecular formula is C14H15NO6. The third-order valence-corrected chi connectivity index (χ3v) is 3.18. The number of nitrogens with zero attached hydrogens (tertiary/aromatic N) is 1. The maximum atomic E-state index is 10.9. The number of ether oxygens (including phenoxy) is 2. The van der Waals surface area contributed by atoms with Crippen LogP contribution in [-0.4, -0.2) is 30.8 Å². The molecule has 0 bridgehead atoms. The van der Waals surface area contributed by atoms with Crippen molar-refractivity contribution in [2.45, 2.75) is 5.92 Å². The Morgan fingerprint density at radius 1 is 1.38 bits per heavy atom. The summed E-state index contributed by atoms with van der Waals surface area (Å²) in [5.74, 6) is -0.0843. The largest absolute Gasteiger partial charge is 0.507 e. The second kappa shape index (κ2) is 6.17. The highest BCUT2D eigenvalue weighted by molar-refractivity contribution is 5.54. The molecule has 0 unspecified atom stereocenters. The predicted molar refractivity (Wildman–Crippen MR) is 73.6 cm³/mol. The number of benzene rings is 1. The van der Waals surface area contributed by atoms with Crippen LogP contribution in [0.15, 0.2) is 35.1 Å². The first-order valence-electron chi connectivity index (χ1n) is 6.15. The number of hydrogen-bond donors (Lipinski definition) is 1. The number of methoxy groups -OCH3 is 2. The minimum Gasteiger partial charge on any atom is -0.507 e. The fourth-order valence-corrected chi connectivity index (χ4v) is 2.21. The molecule has 0 spiro atoms. The van der Waals surface area contributed by atoms with Crippen molar-refractivity contribution in [2.24, 2.45) is 0 Å². The zero-order valence-corrected chi connectivity index (χ0v) is 11.6. The summed E-state index contributed by atoms with van der Waals surface area (Å²) < 4.78 is 15.3. The molecule has 0 fully saturated rings. The van der Waals surface area contributed by atoms with E-state index in [-0.39, 0.29) is 5.75 Å². The molecule has 0 aliphatic carbocycles. The minimum atomic E-state index is -0.681. The highest BCUT2D eigenvalue weighted by atomic mass is 16.6. The summed E-state index contributed by atoms with van der Waals surface area (Å²) in [6.45, 7) is -0.393. The lowest BCUT2D eigenvalue weighted by Gasteiger charge is -2.18. The van der Waals surface area contributed by atoms with Crippen molar-refractivity contribution in [3.63, 3.8) is 0 Å². The van der Waals surface area contributed by atoms with E-state index >= 15 is 0 Å². The van der Waals surface area contributed by atoms with Crippen LogP contribution in [-0.2, 0) is 0 Å². The molecule has 0 saturated carbocycles. The van der Waals surface area contributed by atoms with Crippen molar-refractivity contribution in [3.05, 3.63) is 52.0 Å². The van der Waals surface area contributed by atoms with Crippen LogP contribution in [0.1, 0.15) is 17.0 Å². The maximum absolute atomic E-state index is 10.9. The van der Waals surface area contributed by atoms with Crippen molar-refractivity contribution in [1.29, 1.82) is 0 Å². The van der Waals surface area contributed by atoms with E-state index in [2.05, 4.69) is 0 Å². The molecule has 7 heteroatoms. The Labute approximate surface area is 120 Å². The van der Waals surface area contributed by atoms with Crippen LogP contribution in [0.5, 0.6) is 17.2 Å². The second-order valence-corrected chi connectivity index (χ2v) is 4.39. The number of phenolic OH excluding ortho intramolecular Hbond substituents is 1. The van der Waals surface area contributed by atoms with Gasteiger partial charge in [-0.15, -0.1) is 0 Å². The molecule has 0 saturated heterocycles. The molecule has 21 heavy (non-hydrogen) atoms. The van der Waals surface area contributed by atoms with E-state index in [1.54, 1.807) is 12.1 Å². The summed E-state index contributed by atoms with van der Waals surface area (Å²) in [6.07, 6.45) is 2.84. The number of aromatic hydroxyl groups is 1. The summed E-state index contributed by atoms with van der Waals surface area (Å²) in [4.78, 5) is 10.5. The highest BCUT2D eigenvalue weighted by Crippen LogP contribution is 2.41. The van der Waals surface area contributed by atoms with E-state index in [0.717, 1.165) is 0 Å². The maximum Gasteiger partial charge on any atom is 0.215 e. The van der Waals surface area contributed by atoms with Crippen LogP contribution in [0.4, 0.5) is 0 Å². The third-order valence-electron chi connectivity index (χ3n) is 3.18. The molecule has 2 aromatic rings. The van der Waals surface area contributed by atoms with E-state index < -0.39 is 17.4 Å². The van der Waals surface area contributed by atoms with E-state index in [4.69, 9.17) is 13.9 Å². The van der Waals surface area contributed by atoms with Gasteiger partial charge < -0.3 is 19.0 Å². The molecule has 1 aromatic heterocycles. The summed E-state index contributed by atoms with van der Waals surface area (Å²) in [5, 5.41) is 21.1. The van der Waals surface area contributed by atoms with Gasteiger partial charge in [-0.25, -0.2) is 0 Å². The number of rotatable bonds is 6. The molecule has 2 rings (SSSR count). The van der Waals surface area contributed by atoms with Gasteiger partial charge in [0, 0.05) is 22.6 Å². The van der Waals surface area contributed by atoms with Crippen molar-refractivity contribution in [1.82, 2.24) is 0 Å². The van der Waals surface area contributed by atoms with Crippen molar-refractivity contribution in [3.8, 4) is 17.2 Å². The van der Waals surface area contributed by atoms with Gasteiger partial charge in [-0.05, 0) is 6.07 Å². The summed E-state index contributed by atoms with van der Waals surface area (Å²) in [7, 11) is 2.88. The van der Waals surface area contributed by atoms with Crippen LogP contribution >= 0.6 is 0 Å². The normalized spacial score (nSPS) is 11.9. The van der Waals surface area contributed by atoms with Crippen molar-refractivity contribution < 1.29 is 23.9 Å². The Balaban J connectivity index is 2.56. The number of furan rings is 1. The first-order valence-corrected chi connectivity index (χ1v) is 6.15. The number of phenols is 1. The summed E-state index contributed by atoms with van der Waals surface area (Å²) >= 11 is 0. The number of nitro groups is 1. The zero-order valence-electron chi connectivity index (χ0n) is 11.6. The lowest BCUT2D eigenvalue weighted by molar-refractivity contribution is -0.481. The second-order valence-electron chi connectivity index (χ2n) is 4.39. The standard InChI is InChI=1S/C14H15NO6/c1-19-10-5-12(16)14(13(6-10)20-2)11(7-15(17)18)9-3-4-21-8-9/h3-6,8,11,16H,7H2,1-2H3/t11-/m1/s1. The van der Waals surface area contributed by atoms with Gasteiger partial charge >= 0.3 is 0 Å². The fraction of sp³-hybridized carbons (Fsp3) is 0.286. The molecule has 1 aromatic carbocycles. The van der Waals surface area contributed by atoms with Gasteiger partial charge in [-0.2, -0.15) is 0 Å². The first-order chi connectivity index (χ1) is 10.1. The monoisotopic (exact) mass is 293 g/mol. The van der Waals surface area contributed by atoms with E-state index in [1.165, 1.54) is 32.8 Å². The Morgan fingerprint density at radius 2 is 2.14 bits per heavy atom. The smallest absolute Gasteiger partial charge is 0.215 e. The van der Waals surface area contributed by atoms with Crippen LogP contribution in [0.3, 0.4) is 0 Å². The van der Waals surface area contributed by atoms with E-state index in [1.807, 2.05) is 0 Å². The van der Waals surface area contributed by atoms with Crippen LogP contribution in [0.25, 0.3) is 0 Å². The van der Waals surface area contributed by atoms with Gasteiger partial charge in [0.1, 0.15) is 17.2 Å². The van der Waals surface area contributed by atoms with Gasteiger partial charge in [-0.1, -0.05) is 0 Å². The van der Waals surface area contributed by atoms with Gasteiger partial charge in [-0.3, -0.25) is 10.1 Å². The highest BCUT2D eigenvalue weighted by Gasteiger charge is 2.28. The fourth-order valence-electron chi connectivity index (χ4n) is 2.21. The summed E-state index contributed by atoms with van der Waals surface area (Å²) in [5.41, 5.74) is 0.918. The van der Waals surface area contributed by atoms with E-state index in [9.17, 15) is 15.2 Å². The molecule has 0 amide bonds. The topological polar surface area (TPSA) is 95.0 Å². The first kappa shape index (κ1) is 14.7. The Hall–Kier alpha value is -2.70. The molecule has 1 atom stereocenters. The van der Waals surface area contributed by atoms with Crippen LogP contribution < -0.4 is 9.47 Å². The molecule has 0 radical (unpaired) electrons. The third kappa shape index (κ3) is 3.07. The van der Waals surface area contributed by atoms with Gasteiger partial charge in [0.25, 0.3) is 0 Å². The lowest BCUT2D eigenvalue weighted by Crippen LogP contribution is -2.14. The van der Waals surface area contributed by atoms with Gasteiger partial charge in [0.2, 0.25) is 6.54 Å². The SMILES string of the molecule is COc1cc(O)c([C@H](C[N+](=O)[O-])c2ccoc2)c(OC)c1. The predicted octanol–water partition coefficient (Wildman–Crippen LogP) is 2.41.